The maximum atomic E-state index is 13.3. The van der Waals surface area contributed by atoms with Crippen LogP contribution in [0.4, 0.5) is 5.69 Å². The van der Waals surface area contributed by atoms with Gasteiger partial charge in [-0.25, -0.2) is 0 Å². The average Bonchev–Trinajstić information content (AvgIpc) is 2.70. The van der Waals surface area contributed by atoms with Crippen molar-refractivity contribution in [1.29, 1.82) is 0 Å². The Morgan fingerprint density at radius 2 is 1.84 bits per heavy atom. The van der Waals surface area contributed by atoms with Gasteiger partial charge in [0, 0.05) is 34.9 Å². The predicted molar refractivity (Wildman–Crippen MR) is 117 cm³/mol. The number of nitro groups is 1. The van der Waals surface area contributed by atoms with E-state index in [0.717, 1.165) is 0 Å². The number of hydrogen-bond acceptors (Lipinski definition) is 8. The van der Waals surface area contributed by atoms with E-state index in [9.17, 15) is 19.7 Å². The number of esters is 1. The topological polar surface area (TPSA) is 117 Å². The van der Waals surface area contributed by atoms with Crippen LogP contribution in [0.1, 0.15) is 52.0 Å². The lowest BCUT2D eigenvalue weighted by Gasteiger charge is -2.38. The molecule has 1 aliphatic heterocycles. The van der Waals surface area contributed by atoms with Crippen molar-refractivity contribution >= 4 is 23.2 Å². The van der Waals surface area contributed by atoms with Crippen molar-refractivity contribution in [2.75, 3.05) is 20.8 Å². The summed E-state index contributed by atoms with van der Waals surface area (Å²) in [7, 11) is 2.80. The molecule has 2 aliphatic rings. The second-order valence-electron chi connectivity index (χ2n) is 8.79. The summed E-state index contributed by atoms with van der Waals surface area (Å²) in [5, 5.41) is 12.0. The van der Waals surface area contributed by atoms with E-state index in [0.29, 0.717) is 23.4 Å². The molecule has 0 N–H and O–H groups in total. The largest absolute Gasteiger partial charge is 0.493 e. The van der Waals surface area contributed by atoms with Crippen LogP contribution in [-0.4, -0.2) is 43.2 Å². The first-order chi connectivity index (χ1) is 15.0. The molecule has 1 heterocycles. The Morgan fingerprint density at radius 3 is 2.41 bits per heavy atom. The Hall–Kier alpha value is -3.23. The lowest BCUT2D eigenvalue weighted by Crippen LogP contribution is -2.39. The molecule has 0 spiro atoms. The van der Waals surface area contributed by atoms with Gasteiger partial charge in [-0.1, -0.05) is 13.8 Å². The van der Waals surface area contributed by atoms with Crippen LogP contribution in [0.3, 0.4) is 0 Å². The highest BCUT2D eigenvalue weighted by atomic mass is 16.6. The average molecular weight is 444 g/mol. The number of carbonyl (C=O) groups excluding carboxylic acids is 2. The third-order valence-electron chi connectivity index (χ3n) is 5.91. The van der Waals surface area contributed by atoms with Crippen molar-refractivity contribution in [2.24, 2.45) is 16.3 Å². The normalized spacial score (nSPS) is 22.1. The van der Waals surface area contributed by atoms with Gasteiger partial charge in [0.25, 0.3) is 5.69 Å². The maximum absolute atomic E-state index is 13.3. The number of ketones is 1. The number of ether oxygens (including phenoxy) is 3. The highest BCUT2D eigenvalue weighted by Gasteiger charge is 2.48. The van der Waals surface area contributed by atoms with Crippen molar-refractivity contribution in [1.82, 2.24) is 0 Å². The summed E-state index contributed by atoms with van der Waals surface area (Å²) in [5.74, 6) is -2.17. The summed E-state index contributed by atoms with van der Waals surface area (Å²) in [6.07, 6.45) is 0.784. The van der Waals surface area contributed by atoms with Gasteiger partial charge in [0.05, 0.1) is 31.8 Å². The van der Waals surface area contributed by atoms with Crippen molar-refractivity contribution in [3.05, 3.63) is 39.1 Å². The van der Waals surface area contributed by atoms with Crippen LogP contribution in [0.2, 0.25) is 0 Å². The summed E-state index contributed by atoms with van der Waals surface area (Å²) >= 11 is 0. The molecule has 1 aliphatic carbocycles. The number of Topliss-reactive ketones (excluding diaryl/α,β-unsaturated/α-hetero) is 1. The van der Waals surface area contributed by atoms with Gasteiger partial charge in [0.2, 0.25) is 0 Å². The van der Waals surface area contributed by atoms with Crippen LogP contribution in [0.15, 0.2) is 28.4 Å². The van der Waals surface area contributed by atoms with E-state index in [1.165, 1.54) is 26.4 Å². The monoisotopic (exact) mass is 444 g/mol. The van der Waals surface area contributed by atoms with Gasteiger partial charge in [0.15, 0.2) is 17.3 Å². The van der Waals surface area contributed by atoms with Crippen LogP contribution < -0.4 is 9.47 Å². The molecule has 1 aromatic carbocycles. The minimum Gasteiger partial charge on any atom is -0.493 e. The Balaban J connectivity index is 2.34. The van der Waals surface area contributed by atoms with Crippen molar-refractivity contribution < 1.29 is 28.7 Å². The second kappa shape index (κ2) is 8.72. The third kappa shape index (κ3) is 4.11. The molecule has 172 valence electrons. The summed E-state index contributed by atoms with van der Waals surface area (Å²) in [6, 6.07) is 2.74. The van der Waals surface area contributed by atoms with Gasteiger partial charge in [-0.2, -0.15) is 0 Å². The molecule has 0 radical (unpaired) electrons. The quantitative estimate of drug-likeness (QED) is 0.370. The van der Waals surface area contributed by atoms with Gasteiger partial charge in [-0.3, -0.25) is 24.7 Å². The maximum Gasteiger partial charge on any atom is 0.315 e. The Labute approximate surface area is 186 Å². The highest BCUT2D eigenvalue weighted by molar-refractivity contribution is 6.09. The van der Waals surface area contributed by atoms with Crippen LogP contribution >= 0.6 is 0 Å². The molecule has 9 nitrogen and oxygen atoms in total. The molecule has 2 atom stereocenters. The van der Waals surface area contributed by atoms with E-state index in [1.54, 1.807) is 13.8 Å². The molecule has 0 bridgehead atoms. The minimum atomic E-state index is -0.962. The zero-order chi connectivity index (χ0) is 23.8. The number of carbonyl (C=O) groups is 2. The van der Waals surface area contributed by atoms with Crippen LogP contribution in [0.5, 0.6) is 11.5 Å². The van der Waals surface area contributed by atoms with Crippen molar-refractivity contribution in [3.8, 4) is 11.5 Å². The molecule has 3 rings (SSSR count). The van der Waals surface area contributed by atoms with Crippen LogP contribution in [0, 0.1) is 21.4 Å². The number of allylic oxidation sites excluding steroid dienone is 2. The van der Waals surface area contributed by atoms with Gasteiger partial charge < -0.3 is 14.2 Å². The number of rotatable bonds is 6. The summed E-state index contributed by atoms with van der Waals surface area (Å²) in [6.45, 7) is 7.46. The number of methoxy groups -OCH3 is 2. The first kappa shape index (κ1) is 23.4. The predicted octanol–water partition coefficient (Wildman–Crippen LogP) is 3.99. The molecule has 0 aromatic heterocycles. The molecule has 9 heteroatoms. The Bertz CT molecular complexity index is 1040. The molecule has 1 unspecified atom stereocenters. The number of nitro benzene ring substituents is 1. The van der Waals surface area contributed by atoms with Gasteiger partial charge >= 0.3 is 5.97 Å². The molecule has 1 aromatic rings. The van der Waals surface area contributed by atoms with Crippen molar-refractivity contribution in [3.63, 3.8) is 0 Å². The number of aliphatic imine (C=N–C) groups is 1. The van der Waals surface area contributed by atoms with E-state index >= 15 is 0 Å². The number of nitrogens with zero attached hydrogens (tertiary/aromatic N) is 2. The summed E-state index contributed by atoms with van der Waals surface area (Å²) < 4.78 is 15.9. The molecule has 32 heavy (non-hydrogen) atoms. The fraction of sp³-hybridized carbons (Fsp3) is 0.522. The smallest absolute Gasteiger partial charge is 0.315 e. The molecule has 0 fully saturated rings. The Morgan fingerprint density at radius 1 is 1.22 bits per heavy atom. The first-order valence-electron chi connectivity index (χ1n) is 10.4. The van der Waals surface area contributed by atoms with Gasteiger partial charge in [0.1, 0.15) is 5.92 Å². The van der Waals surface area contributed by atoms with Crippen LogP contribution in [0.25, 0.3) is 0 Å². The molecule has 0 saturated heterocycles. The standard InChI is InChI=1S/C23H28N2O7/c1-7-32-22(27)19-12(2)24-14-10-23(3,4)11-16(26)21(14)20(19)13-8-17(30-5)18(31-6)9-15(13)25(28)29/h8-9,19-20H,7,10-11H2,1-6H3/t19?,20-/m0/s1. The van der Waals surface area contributed by atoms with Gasteiger partial charge in [-0.15, -0.1) is 0 Å². The van der Waals surface area contributed by atoms with Gasteiger partial charge in [-0.05, 0) is 31.7 Å². The zero-order valence-corrected chi connectivity index (χ0v) is 19.2. The highest BCUT2D eigenvalue weighted by Crippen LogP contribution is 2.51. The molecular weight excluding hydrogens is 416 g/mol. The van der Waals surface area contributed by atoms with E-state index in [4.69, 9.17) is 14.2 Å². The minimum absolute atomic E-state index is 0.135. The first-order valence-corrected chi connectivity index (χ1v) is 10.4. The number of benzene rings is 1. The van der Waals surface area contributed by atoms with Crippen LogP contribution in [-0.2, 0) is 14.3 Å². The SMILES string of the molecule is CCOC(=O)C1C(C)=NC2=C(C(=O)CC(C)(C)C2)[C@H]1c1cc(OC)c(OC)cc1[N+](=O)[O-]. The van der Waals surface area contributed by atoms with E-state index in [-0.39, 0.29) is 47.0 Å². The fourth-order valence-corrected chi connectivity index (χ4v) is 4.61. The summed E-state index contributed by atoms with van der Waals surface area (Å²) in [5.41, 5.74) is 0.995. The molecule has 0 amide bonds. The lowest BCUT2D eigenvalue weighted by atomic mass is 9.66. The number of hydrogen-bond donors (Lipinski definition) is 0. The Kier molecular flexibility index (Phi) is 6.39. The zero-order valence-electron chi connectivity index (χ0n) is 19.2. The molecule has 0 saturated carbocycles. The van der Waals surface area contributed by atoms with E-state index in [1.807, 2.05) is 13.8 Å². The fourth-order valence-electron chi connectivity index (χ4n) is 4.61. The summed E-state index contributed by atoms with van der Waals surface area (Å²) in [4.78, 5) is 42.4. The molecular formula is C23H28N2O7. The third-order valence-corrected chi connectivity index (χ3v) is 5.91. The van der Waals surface area contributed by atoms with E-state index < -0.39 is 22.7 Å². The van der Waals surface area contributed by atoms with Crippen molar-refractivity contribution in [2.45, 2.75) is 46.5 Å². The second-order valence-corrected chi connectivity index (χ2v) is 8.79. The van der Waals surface area contributed by atoms with E-state index in [2.05, 4.69) is 4.99 Å². The lowest BCUT2D eigenvalue weighted by molar-refractivity contribution is -0.385.